The highest BCUT2D eigenvalue weighted by Crippen LogP contribution is 2.26. The van der Waals surface area contributed by atoms with E-state index in [2.05, 4.69) is 15.3 Å². The van der Waals surface area contributed by atoms with E-state index in [4.69, 9.17) is 17.0 Å². The summed E-state index contributed by atoms with van der Waals surface area (Å²) in [7, 11) is 0. The van der Waals surface area contributed by atoms with Crippen molar-refractivity contribution in [2.75, 3.05) is 35.7 Å². The second-order valence-corrected chi connectivity index (χ2v) is 8.65. The summed E-state index contributed by atoms with van der Waals surface area (Å²) in [5.74, 6) is -0.0422. The Morgan fingerprint density at radius 2 is 2.09 bits per heavy atom. The van der Waals surface area contributed by atoms with Crippen molar-refractivity contribution in [3.63, 3.8) is 0 Å². The maximum absolute atomic E-state index is 12.4. The second kappa shape index (κ2) is 11.6. The number of non-ortho nitro benzene ring substituents is 1. The van der Waals surface area contributed by atoms with E-state index in [1.807, 2.05) is 19.9 Å². The second-order valence-electron chi connectivity index (χ2n) is 7.04. The molecule has 2 amide bonds. The zero-order valence-electron chi connectivity index (χ0n) is 18.6. The highest BCUT2D eigenvalue weighted by Gasteiger charge is 2.26. The van der Waals surface area contributed by atoms with Gasteiger partial charge in [0, 0.05) is 48.2 Å². The van der Waals surface area contributed by atoms with Crippen LogP contribution in [0.15, 0.2) is 47.6 Å². The zero-order chi connectivity index (χ0) is 24.7. The lowest BCUT2D eigenvalue weighted by Crippen LogP contribution is -2.23. The largest absolute Gasteiger partial charge is 0.483 e. The van der Waals surface area contributed by atoms with Gasteiger partial charge in [0.25, 0.3) is 17.5 Å². The molecule has 34 heavy (non-hydrogen) atoms. The predicted molar refractivity (Wildman–Crippen MR) is 137 cm³/mol. The lowest BCUT2D eigenvalue weighted by atomic mass is 10.1. The third kappa shape index (κ3) is 6.29. The molecule has 0 bridgehead atoms. The Morgan fingerprint density at radius 1 is 1.32 bits per heavy atom. The van der Waals surface area contributed by atoms with Gasteiger partial charge in [0.05, 0.1) is 16.9 Å². The number of ether oxygens (including phenoxy) is 1. The summed E-state index contributed by atoms with van der Waals surface area (Å²) >= 11 is 6.39. The van der Waals surface area contributed by atoms with Crippen LogP contribution in [-0.4, -0.2) is 57.7 Å². The van der Waals surface area contributed by atoms with Gasteiger partial charge in [-0.2, -0.15) is 10.1 Å². The van der Waals surface area contributed by atoms with Crippen LogP contribution in [0, 0.1) is 10.1 Å². The molecule has 1 saturated heterocycles. The van der Waals surface area contributed by atoms with Gasteiger partial charge in [-0.05, 0) is 32.0 Å². The number of benzene rings is 2. The summed E-state index contributed by atoms with van der Waals surface area (Å²) in [5, 5.41) is 18.9. The van der Waals surface area contributed by atoms with Crippen molar-refractivity contribution in [1.29, 1.82) is 0 Å². The molecule has 1 aliphatic heterocycles. The summed E-state index contributed by atoms with van der Waals surface area (Å²) < 4.78 is 6.17. The van der Waals surface area contributed by atoms with Crippen LogP contribution in [-0.2, 0) is 9.59 Å². The van der Waals surface area contributed by atoms with Crippen LogP contribution in [0.25, 0.3) is 0 Å². The molecule has 3 rings (SSSR count). The average molecular weight is 502 g/mol. The van der Waals surface area contributed by atoms with E-state index in [0.29, 0.717) is 21.3 Å². The molecule has 178 valence electrons. The number of nitrogens with zero attached hydrogens (tertiary/aromatic N) is 4. The number of thioether (sulfide) groups is 1. The maximum atomic E-state index is 12.4. The Labute approximate surface area is 206 Å². The van der Waals surface area contributed by atoms with Crippen molar-refractivity contribution in [1.82, 2.24) is 5.01 Å². The number of rotatable bonds is 10. The van der Waals surface area contributed by atoms with E-state index in [1.165, 1.54) is 36.2 Å². The van der Waals surface area contributed by atoms with Crippen LogP contribution in [0.4, 0.5) is 17.1 Å². The van der Waals surface area contributed by atoms with Gasteiger partial charge in [0.2, 0.25) is 0 Å². The molecule has 0 spiro atoms. The molecule has 0 atom stereocenters. The molecule has 1 heterocycles. The van der Waals surface area contributed by atoms with Crippen LogP contribution in [0.2, 0.25) is 0 Å². The van der Waals surface area contributed by atoms with Crippen LogP contribution >= 0.6 is 24.0 Å². The fourth-order valence-corrected chi connectivity index (χ4v) is 4.12. The number of amides is 2. The summed E-state index contributed by atoms with van der Waals surface area (Å²) in [6, 6.07) is 11.1. The zero-order valence-corrected chi connectivity index (χ0v) is 20.2. The van der Waals surface area contributed by atoms with Crippen molar-refractivity contribution in [2.24, 2.45) is 5.10 Å². The topological polar surface area (TPSA) is 117 Å². The molecule has 2 aromatic carbocycles. The highest BCUT2D eigenvalue weighted by atomic mass is 32.2. The van der Waals surface area contributed by atoms with Gasteiger partial charge in [-0.25, -0.2) is 0 Å². The molecule has 0 unspecified atom stereocenters. The summed E-state index contributed by atoms with van der Waals surface area (Å²) in [6.45, 7) is 5.30. The molecule has 0 saturated carbocycles. The van der Waals surface area contributed by atoms with Gasteiger partial charge in [-0.3, -0.25) is 19.7 Å². The molecule has 0 aliphatic carbocycles. The Balaban J connectivity index is 1.78. The Morgan fingerprint density at radius 3 is 2.74 bits per heavy atom. The number of anilines is 2. The number of nitro benzene ring substituents is 1. The van der Waals surface area contributed by atoms with Gasteiger partial charge in [-0.15, -0.1) is 0 Å². The van der Waals surface area contributed by atoms with Crippen molar-refractivity contribution in [2.45, 2.75) is 13.8 Å². The maximum Gasteiger partial charge on any atom is 0.271 e. The number of thiocarbonyl (C=S) groups is 1. The Kier molecular flexibility index (Phi) is 8.55. The first-order valence-electron chi connectivity index (χ1n) is 10.4. The first-order valence-corrected chi connectivity index (χ1v) is 11.8. The summed E-state index contributed by atoms with van der Waals surface area (Å²) in [5.41, 5.74) is 1.63. The molecule has 2 aromatic rings. The normalized spacial score (nSPS) is 13.4. The van der Waals surface area contributed by atoms with Crippen molar-refractivity contribution >= 4 is 63.4 Å². The Bertz CT molecular complexity index is 1120. The number of hydrogen-bond donors (Lipinski definition) is 1. The minimum Gasteiger partial charge on any atom is -0.483 e. The smallest absolute Gasteiger partial charge is 0.271 e. The minimum absolute atomic E-state index is 0.128. The predicted octanol–water partition coefficient (Wildman–Crippen LogP) is 3.65. The molecule has 10 nitrogen and oxygen atoms in total. The van der Waals surface area contributed by atoms with E-state index in [0.717, 1.165) is 23.8 Å². The van der Waals surface area contributed by atoms with Crippen LogP contribution in [0.5, 0.6) is 5.75 Å². The monoisotopic (exact) mass is 501 g/mol. The number of hydrogen-bond acceptors (Lipinski definition) is 9. The van der Waals surface area contributed by atoms with Gasteiger partial charge >= 0.3 is 0 Å². The third-order valence-electron chi connectivity index (χ3n) is 4.87. The first kappa shape index (κ1) is 25.1. The van der Waals surface area contributed by atoms with Gasteiger partial charge in [0.1, 0.15) is 5.75 Å². The minimum atomic E-state index is -0.536. The van der Waals surface area contributed by atoms with E-state index in [9.17, 15) is 19.7 Å². The van der Waals surface area contributed by atoms with E-state index >= 15 is 0 Å². The molecular formula is C22H23N5O5S2. The molecular weight excluding hydrogens is 478 g/mol. The highest BCUT2D eigenvalue weighted by molar-refractivity contribution is 8.23. The van der Waals surface area contributed by atoms with Gasteiger partial charge in [0.15, 0.2) is 10.9 Å². The fraction of sp³-hybridized carbons (Fsp3) is 0.273. The Hall–Kier alpha value is -3.51. The van der Waals surface area contributed by atoms with E-state index in [-0.39, 0.29) is 24.0 Å². The summed E-state index contributed by atoms with van der Waals surface area (Å²) in [4.78, 5) is 36.9. The number of hydrazone groups is 1. The molecule has 1 N–H and O–H groups in total. The number of nitro groups is 1. The molecule has 1 aliphatic rings. The number of carbonyl (C=O) groups excluding carboxylic acids is 2. The molecule has 12 heteroatoms. The van der Waals surface area contributed by atoms with Gasteiger partial charge in [-0.1, -0.05) is 30.0 Å². The quantitative estimate of drug-likeness (QED) is 0.227. The average Bonchev–Trinajstić information content (AvgIpc) is 3.15. The van der Waals surface area contributed by atoms with Crippen LogP contribution in [0.3, 0.4) is 0 Å². The number of carbonyl (C=O) groups is 2. The lowest BCUT2D eigenvalue weighted by molar-refractivity contribution is -0.384. The van der Waals surface area contributed by atoms with Crippen LogP contribution in [0.1, 0.15) is 19.4 Å². The standard InChI is InChI=1S/C22H23N5O5S2/c1-3-25(4-2)17-9-8-15(12-23-26-21(29)14-34-22(26)33)19(11-17)32-13-20(28)24-16-6-5-7-18(10-16)27(30)31/h5-12H,3-4,13-14H2,1-2H3,(H,24,28)/b23-12+. The van der Waals surface area contributed by atoms with E-state index in [1.54, 1.807) is 18.2 Å². The first-order chi connectivity index (χ1) is 16.3. The van der Waals surface area contributed by atoms with Gasteiger partial charge < -0.3 is 15.0 Å². The van der Waals surface area contributed by atoms with Crippen molar-refractivity contribution in [3.05, 3.63) is 58.1 Å². The molecule has 1 fully saturated rings. The lowest BCUT2D eigenvalue weighted by Gasteiger charge is -2.22. The molecule has 0 aromatic heterocycles. The van der Waals surface area contributed by atoms with Crippen molar-refractivity contribution in [3.8, 4) is 5.75 Å². The third-order valence-corrected chi connectivity index (χ3v) is 6.20. The van der Waals surface area contributed by atoms with Crippen molar-refractivity contribution < 1.29 is 19.2 Å². The summed E-state index contributed by atoms with van der Waals surface area (Å²) in [6.07, 6.45) is 1.47. The van der Waals surface area contributed by atoms with E-state index < -0.39 is 10.8 Å². The van der Waals surface area contributed by atoms with Crippen LogP contribution < -0.4 is 15.0 Å². The molecule has 0 radical (unpaired) electrons. The fourth-order valence-electron chi connectivity index (χ4n) is 3.16. The SMILES string of the molecule is CCN(CC)c1ccc(/C=N/N2C(=O)CSC2=S)c(OCC(=O)Nc2cccc([N+](=O)[O-])c2)c1. The number of nitrogens with one attached hydrogen (secondary N) is 1.